The quantitative estimate of drug-likeness (QED) is 0.136. The van der Waals surface area contributed by atoms with Gasteiger partial charge in [-0.05, 0) is 85.7 Å². The van der Waals surface area contributed by atoms with E-state index in [1.165, 1.54) is 23.8 Å². The number of thiol groups is 1. The van der Waals surface area contributed by atoms with E-state index in [1.807, 2.05) is 19.1 Å². The largest absolute Gasteiger partial charge is 0.493 e. The number of rotatable bonds is 13. The second-order valence-corrected chi connectivity index (χ2v) is 9.22. The van der Waals surface area contributed by atoms with Gasteiger partial charge in [-0.3, -0.25) is 9.59 Å². The molecule has 37 heavy (non-hydrogen) atoms. The zero-order valence-corrected chi connectivity index (χ0v) is 21.5. The number of carbonyl (C=O) groups excluding carboxylic acids is 1. The van der Waals surface area contributed by atoms with Crippen molar-refractivity contribution in [1.82, 2.24) is 0 Å². The van der Waals surface area contributed by atoms with Crippen molar-refractivity contribution in [2.75, 3.05) is 6.61 Å². The molecule has 0 spiro atoms. The molecule has 0 aliphatic heterocycles. The molecule has 0 amide bonds. The molecule has 0 aromatic heterocycles. The van der Waals surface area contributed by atoms with E-state index in [0.717, 1.165) is 29.7 Å². The lowest BCUT2D eigenvalue weighted by Crippen LogP contribution is -2.07. The number of carbonyl (C=O) groups is 3. The molecule has 0 unspecified atom stereocenters. The number of unbranched alkanes of at least 4 members (excludes halogenated alkanes) is 2. The van der Waals surface area contributed by atoms with Gasteiger partial charge in [-0.1, -0.05) is 36.4 Å². The van der Waals surface area contributed by atoms with E-state index < -0.39 is 11.9 Å². The average molecular weight is 519 g/mol. The molecule has 0 saturated carbocycles. The number of ketones is 1. The minimum absolute atomic E-state index is 0.0247. The summed E-state index contributed by atoms with van der Waals surface area (Å²) in [6, 6.07) is 16.9. The standard InChI is InChI=1S/C30H30O6S/c1-20-10-11-21(27(37)17-20)7-4-2-3-5-16-36-26-14-12-24(18-22(26)13-15-28(31)32)29(33)23-8-6-9-25(19-23)30(34)35/h4,6-12,14,17-19,37H,2-3,5,13,15-16H2,1H3,(H,31,32)(H,34,35)/b7-4+. The van der Waals surface area contributed by atoms with Crippen LogP contribution in [0.25, 0.3) is 6.08 Å². The van der Waals surface area contributed by atoms with Gasteiger partial charge >= 0.3 is 11.9 Å². The summed E-state index contributed by atoms with van der Waals surface area (Å²) in [5.74, 6) is -1.85. The molecule has 3 aromatic rings. The van der Waals surface area contributed by atoms with Crippen LogP contribution in [0.1, 0.15) is 68.7 Å². The van der Waals surface area contributed by atoms with Crippen molar-refractivity contribution >= 4 is 36.4 Å². The first-order valence-corrected chi connectivity index (χ1v) is 12.5. The smallest absolute Gasteiger partial charge is 0.335 e. The summed E-state index contributed by atoms with van der Waals surface area (Å²) in [5, 5.41) is 18.3. The third-order valence-electron chi connectivity index (χ3n) is 5.81. The lowest BCUT2D eigenvalue weighted by molar-refractivity contribution is -0.136. The SMILES string of the molecule is Cc1ccc(/C=C/CCCCOc2ccc(C(=O)c3cccc(C(=O)O)c3)cc2CCC(=O)O)c(S)c1. The van der Waals surface area contributed by atoms with Gasteiger partial charge < -0.3 is 14.9 Å². The van der Waals surface area contributed by atoms with Gasteiger partial charge in [0.05, 0.1) is 12.2 Å². The summed E-state index contributed by atoms with van der Waals surface area (Å²) >= 11 is 4.51. The number of benzene rings is 3. The van der Waals surface area contributed by atoms with Crippen molar-refractivity contribution in [2.45, 2.75) is 43.9 Å². The Bertz CT molecular complexity index is 1310. The summed E-state index contributed by atoms with van der Waals surface area (Å²) < 4.78 is 5.94. The normalized spacial score (nSPS) is 11.0. The molecule has 0 aliphatic carbocycles. The number of hydrogen-bond donors (Lipinski definition) is 3. The number of hydrogen-bond acceptors (Lipinski definition) is 5. The topological polar surface area (TPSA) is 101 Å². The van der Waals surface area contributed by atoms with Gasteiger partial charge in [0.1, 0.15) is 5.75 Å². The number of carboxylic acids is 2. The average Bonchev–Trinajstić information content (AvgIpc) is 2.88. The van der Waals surface area contributed by atoms with Gasteiger partial charge in [0.2, 0.25) is 0 Å². The van der Waals surface area contributed by atoms with E-state index in [4.69, 9.17) is 9.84 Å². The van der Waals surface area contributed by atoms with Crippen molar-refractivity contribution in [3.05, 3.63) is 100 Å². The molecule has 7 heteroatoms. The van der Waals surface area contributed by atoms with Gasteiger partial charge in [-0.15, -0.1) is 12.6 Å². The molecular weight excluding hydrogens is 488 g/mol. The van der Waals surface area contributed by atoms with Gasteiger partial charge in [0.25, 0.3) is 0 Å². The van der Waals surface area contributed by atoms with Crippen molar-refractivity contribution in [3.8, 4) is 5.75 Å². The number of allylic oxidation sites excluding steroid dienone is 1. The van der Waals surface area contributed by atoms with Crippen LogP contribution in [0.5, 0.6) is 5.75 Å². The van der Waals surface area contributed by atoms with Crippen LogP contribution in [0.4, 0.5) is 0 Å². The number of aromatic carboxylic acids is 1. The molecule has 0 heterocycles. The highest BCUT2D eigenvalue weighted by molar-refractivity contribution is 7.80. The van der Waals surface area contributed by atoms with Crippen LogP contribution in [-0.2, 0) is 11.2 Å². The fourth-order valence-corrected chi connectivity index (χ4v) is 4.16. The molecule has 0 bridgehead atoms. The lowest BCUT2D eigenvalue weighted by atomic mass is 9.98. The predicted octanol–water partition coefficient (Wildman–Crippen LogP) is 6.49. The Hall–Kier alpha value is -3.84. The number of carboxylic acid groups (broad SMARTS) is 2. The Kier molecular flexibility index (Phi) is 10.1. The van der Waals surface area contributed by atoms with E-state index in [2.05, 4.69) is 30.8 Å². The first-order valence-electron chi connectivity index (χ1n) is 12.1. The van der Waals surface area contributed by atoms with Gasteiger partial charge in [0.15, 0.2) is 5.78 Å². The number of aliphatic carboxylic acids is 1. The highest BCUT2D eigenvalue weighted by Crippen LogP contribution is 2.24. The second kappa shape index (κ2) is 13.5. The third-order valence-corrected chi connectivity index (χ3v) is 6.20. The first kappa shape index (κ1) is 27.7. The molecule has 3 aromatic carbocycles. The van der Waals surface area contributed by atoms with Crippen LogP contribution in [0, 0.1) is 6.92 Å². The van der Waals surface area contributed by atoms with Gasteiger partial charge in [-0.25, -0.2) is 4.79 Å². The molecular formula is C30H30O6S. The maximum absolute atomic E-state index is 13.0. The van der Waals surface area contributed by atoms with E-state index in [1.54, 1.807) is 24.3 Å². The Morgan fingerprint density at radius 1 is 0.919 bits per heavy atom. The van der Waals surface area contributed by atoms with Crippen LogP contribution >= 0.6 is 12.6 Å². The van der Waals surface area contributed by atoms with Gasteiger partial charge in [0, 0.05) is 22.4 Å². The molecule has 0 saturated heterocycles. The van der Waals surface area contributed by atoms with Crippen LogP contribution in [0.2, 0.25) is 0 Å². The minimum atomic E-state index is -1.11. The lowest BCUT2D eigenvalue weighted by Gasteiger charge is -2.13. The van der Waals surface area contributed by atoms with Crippen LogP contribution in [0.3, 0.4) is 0 Å². The summed E-state index contributed by atoms with van der Waals surface area (Å²) in [6.07, 6.45) is 6.92. The Morgan fingerprint density at radius 3 is 2.41 bits per heavy atom. The molecule has 6 nitrogen and oxygen atoms in total. The Balaban J connectivity index is 1.61. The van der Waals surface area contributed by atoms with E-state index in [9.17, 15) is 19.5 Å². The van der Waals surface area contributed by atoms with Crippen LogP contribution in [-0.4, -0.2) is 34.5 Å². The predicted molar refractivity (Wildman–Crippen MR) is 146 cm³/mol. The molecule has 0 radical (unpaired) electrons. The van der Waals surface area contributed by atoms with Crippen molar-refractivity contribution < 1.29 is 29.3 Å². The van der Waals surface area contributed by atoms with Crippen molar-refractivity contribution in [3.63, 3.8) is 0 Å². The van der Waals surface area contributed by atoms with E-state index in [-0.39, 0.29) is 29.8 Å². The van der Waals surface area contributed by atoms with E-state index in [0.29, 0.717) is 23.5 Å². The molecule has 192 valence electrons. The first-order chi connectivity index (χ1) is 17.7. The van der Waals surface area contributed by atoms with Crippen LogP contribution < -0.4 is 4.74 Å². The summed E-state index contributed by atoms with van der Waals surface area (Å²) in [4.78, 5) is 36.3. The van der Waals surface area contributed by atoms with Crippen LogP contribution in [0.15, 0.2) is 71.6 Å². The maximum Gasteiger partial charge on any atom is 0.335 e. The molecule has 2 N–H and O–H groups in total. The fraction of sp³-hybridized carbons (Fsp3) is 0.233. The third kappa shape index (κ3) is 8.36. The molecule has 0 fully saturated rings. The number of aryl methyl sites for hydroxylation is 2. The fourth-order valence-electron chi connectivity index (χ4n) is 3.81. The highest BCUT2D eigenvalue weighted by Gasteiger charge is 2.15. The Labute approximate surface area is 222 Å². The molecule has 0 aliphatic rings. The highest BCUT2D eigenvalue weighted by atomic mass is 32.1. The Morgan fingerprint density at radius 2 is 1.68 bits per heavy atom. The minimum Gasteiger partial charge on any atom is -0.493 e. The maximum atomic E-state index is 13.0. The monoisotopic (exact) mass is 518 g/mol. The van der Waals surface area contributed by atoms with E-state index >= 15 is 0 Å². The van der Waals surface area contributed by atoms with Crippen molar-refractivity contribution in [1.29, 1.82) is 0 Å². The zero-order chi connectivity index (χ0) is 26.8. The second-order valence-electron chi connectivity index (χ2n) is 8.74. The number of ether oxygens (including phenoxy) is 1. The van der Waals surface area contributed by atoms with Gasteiger partial charge in [-0.2, -0.15) is 0 Å². The molecule has 0 atom stereocenters. The summed E-state index contributed by atoms with van der Waals surface area (Å²) in [5.41, 5.74) is 3.51. The van der Waals surface area contributed by atoms with Crippen molar-refractivity contribution in [2.24, 2.45) is 0 Å². The zero-order valence-electron chi connectivity index (χ0n) is 20.6. The summed E-state index contributed by atoms with van der Waals surface area (Å²) in [7, 11) is 0. The molecule has 3 rings (SSSR count). The summed E-state index contributed by atoms with van der Waals surface area (Å²) in [6.45, 7) is 2.50.